The summed E-state index contributed by atoms with van der Waals surface area (Å²) in [6, 6.07) is 1.24. The molecule has 1 aromatic carbocycles. The zero-order chi connectivity index (χ0) is 22.1. The van der Waals surface area contributed by atoms with Crippen molar-refractivity contribution in [2.45, 2.75) is 111 Å². The molecule has 0 spiro atoms. The van der Waals surface area contributed by atoms with E-state index in [4.69, 9.17) is 0 Å². The lowest BCUT2D eigenvalue weighted by Gasteiger charge is -2.11. The summed E-state index contributed by atoms with van der Waals surface area (Å²) in [5, 5.41) is 38.0. The number of hydrogen-bond acceptors (Lipinski definition) is 4. The van der Waals surface area contributed by atoms with Crippen LogP contribution in [0.1, 0.15) is 120 Å². The van der Waals surface area contributed by atoms with Crippen LogP contribution in [0, 0.1) is 0 Å². The standard InChI is InChI=1S/C22H36O5.C2H6/c1-2-3-4-5-6-7-8-9-10-11-12-13-14-15-17-16-18(23)20(24)21(25)19(17)22(26)27;1-2/h16,23-25H,2-15H2,1H3,(H,26,27);1-2H3. The van der Waals surface area contributed by atoms with Gasteiger partial charge in [0.15, 0.2) is 11.5 Å². The number of unbranched alkanes of at least 4 members (excludes halogenated alkanes) is 12. The lowest BCUT2D eigenvalue weighted by Crippen LogP contribution is -2.03. The van der Waals surface area contributed by atoms with E-state index in [9.17, 15) is 25.2 Å². The summed E-state index contributed by atoms with van der Waals surface area (Å²) in [6.07, 6.45) is 16.5. The molecule has 0 bridgehead atoms. The van der Waals surface area contributed by atoms with Crippen molar-refractivity contribution < 1.29 is 25.2 Å². The predicted molar refractivity (Wildman–Crippen MR) is 119 cm³/mol. The van der Waals surface area contributed by atoms with Crippen LogP contribution in [0.5, 0.6) is 17.2 Å². The highest BCUT2D eigenvalue weighted by atomic mass is 16.4. The summed E-state index contributed by atoms with van der Waals surface area (Å²) in [7, 11) is 0. The SMILES string of the molecule is CC.CCCCCCCCCCCCCCCc1cc(O)c(O)c(O)c1C(=O)O. The van der Waals surface area contributed by atoms with Crippen molar-refractivity contribution in [2.75, 3.05) is 0 Å². The average molecular weight is 411 g/mol. The molecule has 1 rings (SSSR count). The van der Waals surface area contributed by atoms with Gasteiger partial charge in [0.05, 0.1) is 0 Å². The van der Waals surface area contributed by atoms with E-state index >= 15 is 0 Å². The Kier molecular flexibility index (Phi) is 15.9. The molecule has 0 aromatic heterocycles. The third-order valence-electron chi connectivity index (χ3n) is 5.10. The lowest BCUT2D eigenvalue weighted by atomic mass is 9.98. The zero-order valence-corrected chi connectivity index (χ0v) is 18.7. The summed E-state index contributed by atoms with van der Waals surface area (Å²) in [6.45, 7) is 6.24. The maximum absolute atomic E-state index is 11.3. The number of rotatable bonds is 15. The van der Waals surface area contributed by atoms with Crippen molar-refractivity contribution in [3.8, 4) is 17.2 Å². The maximum atomic E-state index is 11.3. The highest BCUT2D eigenvalue weighted by Gasteiger charge is 2.21. The fourth-order valence-electron chi connectivity index (χ4n) is 3.47. The number of aromatic hydroxyl groups is 3. The van der Waals surface area contributed by atoms with Crippen LogP contribution >= 0.6 is 0 Å². The smallest absolute Gasteiger partial charge is 0.339 e. The van der Waals surface area contributed by atoms with Gasteiger partial charge in [-0.2, -0.15) is 0 Å². The second kappa shape index (κ2) is 17.0. The molecule has 0 aliphatic rings. The number of carbonyl (C=O) groups is 1. The molecule has 4 N–H and O–H groups in total. The largest absolute Gasteiger partial charge is 0.504 e. The van der Waals surface area contributed by atoms with Crippen LogP contribution in [-0.2, 0) is 6.42 Å². The summed E-state index contributed by atoms with van der Waals surface area (Å²) < 4.78 is 0. The first kappa shape index (κ1) is 27.1. The van der Waals surface area contributed by atoms with Gasteiger partial charge < -0.3 is 20.4 Å². The monoisotopic (exact) mass is 410 g/mol. The molecule has 29 heavy (non-hydrogen) atoms. The Morgan fingerprint density at radius 2 is 1.14 bits per heavy atom. The minimum Gasteiger partial charge on any atom is -0.504 e. The van der Waals surface area contributed by atoms with Gasteiger partial charge in [-0.25, -0.2) is 4.79 Å². The third-order valence-corrected chi connectivity index (χ3v) is 5.10. The van der Waals surface area contributed by atoms with E-state index in [1.807, 2.05) is 13.8 Å². The van der Waals surface area contributed by atoms with Crippen LogP contribution in [0.2, 0.25) is 0 Å². The zero-order valence-electron chi connectivity index (χ0n) is 18.7. The minimum absolute atomic E-state index is 0.316. The Labute approximate surface area is 176 Å². The Morgan fingerprint density at radius 3 is 1.55 bits per heavy atom. The Bertz CT molecular complexity index is 569. The van der Waals surface area contributed by atoms with Crippen LogP contribution in [0.15, 0.2) is 6.07 Å². The van der Waals surface area contributed by atoms with E-state index in [1.54, 1.807) is 0 Å². The molecule has 0 heterocycles. The molecule has 0 fully saturated rings. The van der Waals surface area contributed by atoms with Crippen LogP contribution in [-0.4, -0.2) is 26.4 Å². The topological polar surface area (TPSA) is 98.0 Å². The molecule has 0 saturated carbocycles. The second-order valence-electron chi connectivity index (χ2n) is 7.42. The number of carboxylic acids is 1. The molecule has 0 aliphatic carbocycles. The Hall–Kier alpha value is -1.91. The predicted octanol–water partition coefficient (Wildman–Crippen LogP) is 7.16. The van der Waals surface area contributed by atoms with Crippen molar-refractivity contribution in [1.29, 1.82) is 0 Å². The van der Waals surface area contributed by atoms with Crippen LogP contribution in [0.3, 0.4) is 0 Å². The molecule has 0 radical (unpaired) electrons. The van der Waals surface area contributed by atoms with E-state index in [0.717, 1.165) is 19.3 Å². The second-order valence-corrected chi connectivity index (χ2v) is 7.42. The van der Waals surface area contributed by atoms with E-state index in [-0.39, 0.29) is 5.56 Å². The number of benzene rings is 1. The van der Waals surface area contributed by atoms with Crippen molar-refractivity contribution in [2.24, 2.45) is 0 Å². The van der Waals surface area contributed by atoms with Crippen molar-refractivity contribution in [1.82, 2.24) is 0 Å². The van der Waals surface area contributed by atoms with E-state index in [0.29, 0.717) is 12.0 Å². The van der Waals surface area contributed by atoms with E-state index < -0.39 is 23.2 Å². The molecule has 168 valence electrons. The van der Waals surface area contributed by atoms with Crippen LogP contribution < -0.4 is 0 Å². The molecule has 0 saturated heterocycles. The van der Waals surface area contributed by atoms with Gasteiger partial charge >= 0.3 is 5.97 Å². The summed E-state index contributed by atoms with van der Waals surface area (Å²) >= 11 is 0. The molecule has 0 atom stereocenters. The number of aryl methyl sites for hydroxylation is 1. The van der Waals surface area contributed by atoms with Gasteiger partial charge in [0.25, 0.3) is 0 Å². The molecule has 0 amide bonds. The first-order chi connectivity index (χ1) is 14.0. The van der Waals surface area contributed by atoms with Crippen molar-refractivity contribution in [3.63, 3.8) is 0 Å². The van der Waals surface area contributed by atoms with Gasteiger partial charge in [-0.05, 0) is 24.5 Å². The molecule has 1 aromatic rings. The normalized spacial score (nSPS) is 10.4. The first-order valence-electron chi connectivity index (χ1n) is 11.5. The van der Waals surface area contributed by atoms with Gasteiger partial charge in [0.2, 0.25) is 5.75 Å². The number of aromatic carboxylic acids is 1. The Balaban J connectivity index is 0.00000379. The van der Waals surface area contributed by atoms with Gasteiger partial charge in [0.1, 0.15) is 5.56 Å². The number of phenols is 3. The number of carboxylic acid groups (broad SMARTS) is 1. The highest BCUT2D eigenvalue weighted by Crippen LogP contribution is 2.40. The molecular formula is C24H42O5. The van der Waals surface area contributed by atoms with Crippen LogP contribution in [0.4, 0.5) is 0 Å². The van der Waals surface area contributed by atoms with E-state index in [2.05, 4.69) is 6.92 Å². The fraction of sp³-hybridized carbons (Fsp3) is 0.708. The quantitative estimate of drug-likeness (QED) is 0.182. The Morgan fingerprint density at radius 1 is 0.724 bits per heavy atom. The summed E-state index contributed by atoms with van der Waals surface area (Å²) in [4.78, 5) is 11.3. The third kappa shape index (κ3) is 11.0. The average Bonchev–Trinajstić information content (AvgIpc) is 2.71. The maximum Gasteiger partial charge on any atom is 0.339 e. The molecule has 5 heteroatoms. The van der Waals surface area contributed by atoms with Gasteiger partial charge in [-0.1, -0.05) is 97.8 Å². The number of phenolic OH excluding ortho intramolecular Hbond substituents is 2. The number of hydrogen-bond donors (Lipinski definition) is 4. The summed E-state index contributed by atoms with van der Waals surface area (Å²) in [5.41, 5.74) is 0.0441. The van der Waals surface area contributed by atoms with E-state index in [1.165, 1.54) is 70.3 Å². The van der Waals surface area contributed by atoms with Gasteiger partial charge in [-0.15, -0.1) is 0 Å². The fourth-order valence-corrected chi connectivity index (χ4v) is 3.47. The van der Waals surface area contributed by atoms with Crippen molar-refractivity contribution in [3.05, 3.63) is 17.2 Å². The molecule has 0 aliphatic heterocycles. The van der Waals surface area contributed by atoms with Crippen LogP contribution in [0.25, 0.3) is 0 Å². The van der Waals surface area contributed by atoms with Gasteiger partial charge in [0, 0.05) is 0 Å². The summed E-state index contributed by atoms with van der Waals surface area (Å²) in [5.74, 6) is -3.32. The van der Waals surface area contributed by atoms with Crippen molar-refractivity contribution >= 4 is 5.97 Å². The minimum atomic E-state index is -1.30. The lowest BCUT2D eigenvalue weighted by molar-refractivity contribution is 0.0691. The van der Waals surface area contributed by atoms with Gasteiger partial charge in [-0.3, -0.25) is 0 Å². The molecule has 0 unspecified atom stereocenters. The molecule has 5 nitrogen and oxygen atoms in total. The molecular weight excluding hydrogens is 368 g/mol. The first-order valence-corrected chi connectivity index (χ1v) is 11.5. The highest BCUT2D eigenvalue weighted by molar-refractivity contribution is 5.94.